The molecule has 1 aromatic carbocycles. The fourth-order valence-electron chi connectivity index (χ4n) is 4.93. The number of nitrogen functional groups attached to an aromatic ring is 1. The zero-order chi connectivity index (χ0) is 41.5. The molecule has 0 bridgehead atoms. The molecule has 3 heterocycles. The van der Waals surface area contributed by atoms with Crippen LogP contribution in [0.4, 0.5) is 5.82 Å². The highest BCUT2D eigenvalue weighted by atomic mass is 32.2. The number of nitrogens with one attached hydrogen (secondary N) is 2. The van der Waals surface area contributed by atoms with Crippen molar-refractivity contribution < 1.29 is 80.5 Å². The van der Waals surface area contributed by atoms with Gasteiger partial charge in [-0.2, -0.15) is 4.31 Å². The van der Waals surface area contributed by atoms with E-state index < -0.39 is 84.6 Å². The summed E-state index contributed by atoms with van der Waals surface area (Å²) in [6.07, 6.45) is -6.94. The van der Waals surface area contributed by atoms with E-state index in [1.807, 2.05) is 0 Å². The van der Waals surface area contributed by atoms with Gasteiger partial charge in [-0.05, 0) is 0 Å². The number of anilines is 1. The van der Waals surface area contributed by atoms with Crippen molar-refractivity contribution in [2.24, 2.45) is 5.41 Å². The maximum Gasteiger partial charge on any atom is 0.481 e. The zero-order valence-corrected chi connectivity index (χ0v) is 33.0. The Bertz CT molecular complexity index is 2000. The van der Waals surface area contributed by atoms with Crippen molar-refractivity contribution in [3.8, 4) is 0 Å². The number of nitrogens with zero attached hydrogens (tertiary/aromatic N) is 4. The molecule has 7 unspecified atom stereocenters. The van der Waals surface area contributed by atoms with Crippen molar-refractivity contribution in [3.63, 3.8) is 0 Å². The van der Waals surface area contributed by atoms with E-state index in [9.17, 15) is 57.9 Å². The third-order valence-electron chi connectivity index (χ3n) is 7.74. The fourth-order valence-corrected chi connectivity index (χ4v) is 8.45. The minimum Gasteiger partial charge on any atom is -0.386 e. The quantitative estimate of drug-likeness (QED) is 0.0532. The molecule has 1 saturated heterocycles. The molecule has 24 nitrogen and oxygen atoms in total. The Balaban J connectivity index is 1.23. The van der Waals surface area contributed by atoms with Crippen LogP contribution in [0.2, 0.25) is 0 Å². The molecule has 0 radical (unpaired) electrons. The van der Waals surface area contributed by atoms with Crippen LogP contribution in [0.3, 0.4) is 0 Å². The molecule has 4 rings (SSSR count). The summed E-state index contributed by atoms with van der Waals surface area (Å²) in [5.41, 5.74) is 4.78. The summed E-state index contributed by atoms with van der Waals surface area (Å²) >= 11 is 1.02. The lowest BCUT2D eigenvalue weighted by Crippen LogP contribution is -2.46. The number of ether oxygens (including phenoxy) is 1. The largest absolute Gasteiger partial charge is 0.481 e. The molecule has 3 aromatic rings. The first kappa shape index (κ1) is 45.5. The summed E-state index contributed by atoms with van der Waals surface area (Å²) in [6, 6.07) is 8.58. The van der Waals surface area contributed by atoms with Crippen LogP contribution >= 0.6 is 35.2 Å². The van der Waals surface area contributed by atoms with E-state index >= 15 is 0 Å². The molecular weight excluding hydrogens is 831 g/mol. The number of aliphatic hydroxyl groups excluding tert-OH is 2. The normalized spacial score (nSPS) is 21.6. The number of hydrogen-bond donors (Lipinski definition) is 9. The number of rotatable bonds is 20. The molecule has 310 valence electrons. The number of carbonyl (C=O) groups is 3. The molecule has 2 aromatic heterocycles. The van der Waals surface area contributed by atoms with Gasteiger partial charge < -0.3 is 50.9 Å². The van der Waals surface area contributed by atoms with E-state index in [0.717, 1.165) is 29.0 Å². The minimum absolute atomic E-state index is 0.0292. The number of hydrogen-bond acceptors (Lipinski definition) is 18. The molecule has 1 aliphatic heterocycles. The summed E-state index contributed by atoms with van der Waals surface area (Å²) in [7, 11) is -16.4. The van der Waals surface area contributed by atoms with Gasteiger partial charge >= 0.3 is 23.5 Å². The van der Waals surface area contributed by atoms with Gasteiger partial charge in [0.15, 0.2) is 17.7 Å². The molecular formula is C28H40N7O17P3S. The van der Waals surface area contributed by atoms with Crippen molar-refractivity contribution in [2.45, 2.75) is 50.9 Å². The van der Waals surface area contributed by atoms with Crippen LogP contribution in [-0.2, 0) is 45.9 Å². The number of aliphatic hydroxyl groups is 2. The van der Waals surface area contributed by atoms with Gasteiger partial charge in [-0.1, -0.05) is 55.9 Å². The second-order valence-electron chi connectivity index (χ2n) is 12.6. The van der Waals surface area contributed by atoms with E-state index in [-0.39, 0.29) is 41.6 Å². The smallest absolute Gasteiger partial charge is 0.386 e. The minimum atomic E-state index is -5.57. The summed E-state index contributed by atoms with van der Waals surface area (Å²) < 4.78 is 62.1. The Morgan fingerprint density at radius 1 is 1.02 bits per heavy atom. The monoisotopic (exact) mass is 871 g/mol. The van der Waals surface area contributed by atoms with E-state index in [4.69, 9.17) is 19.5 Å². The Hall–Kier alpha value is -3.22. The lowest BCUT2D eigenvalue weighted by atomic mass is 9.87. The summed E-state index contributed by atoms with van der Waals surface area (Å²) in [6.45, 7) is 0.448. The number of benzene rings is 1. The maximum absolute atomic E-state index is 12.7. The Morgan fingerprint density at radius 2 is 1.70 bits per heavy atom. The van der Waals surface area contributed by atoms with Crippen molar-refractivity contribution in [1.29, 1.82) is 0 Å². The fraction of sp³-hybridized carbons (Fsp3) is 0.500. The third-order valence-corrected chi connectivity index (χ3v) is 11.8. The highest BCUT2D eigenvalue weighted by molar-refractivity contribution is 8.14. The van der Waals surface area contributed by atoms with Crippen LogP contribution in [0.25, 0.3) is 11.2 Å². The molecule has 0 saturated carbocycles. The molecule has 10 N–H and O–H groups in total. The molecule has 7 atom stereocenters. The molecule has 2 amide bonds. The number of fused-ring (bicyclic) bond motifs is 1. The van der Waals surface area contributed by atoms with Gasteiger partial charge in [-0.3, -0.25) is 32.5 Å². The first-order chi connectivity index (χ1) is 26.1. The van der Waals surface area contributed by atoms with Crippen LogP contribution < -0.4 is 16.4 Å². The van der Waals surface area contributed by atoms with Gasteiger partial charge in [0.05, 0.1) is 19.5 Å². The number of phosphoric acid groups is 3. The lowest BCUT2D eigenvalue weighted by molar-refractivity contribution is -0.137. The van der Waals surface area contributed by atoms with Crippen LogP contribution in [0, 0.1) is 5.41 Å². The number of amides is 2. The molecule has 56 heavy (non-hydrogen) atoms. The molecule has 0 spiro atoms. The van der Waals surface area contributed by atoms with Crippen molar-refractivity contribution in [1.82, 2.24) is 30.2 Å². The van der Waals surface area contributed by atoms with E-state index in [2.05, 4.69) is 34.4 Å². The average Bonchev–Trinajstić information content (AvgIpc) is 3.68. The van der Waals surface area contributed by atoms with Gasteiger partial charge in [0.1, 0.15) is 36.3 Å². The molecule has 28 heteroatoms. The Kier molecular flexibility index (Phi) is 15.4. The van der Waals surface area contributed by atoms with Crippen LogP contribution in [0.5, 0.6) is 0 Å². The second-order valence-corrected chi connectivity index (χ2v) is 17.9. The van der Waals surface area contributed by atoms with E-state index in [1.54, 1.807) is 30.3 Å². The van der Waals surface area contributed by atoms with Crippen LogP contribution in [0.1, 0.15) is 36.9 Å². The zero-order valence-electron chi connectivity index (χ0n) is 29.5. The van der Waals surface area contributed by atoms with Gasteiger partial charge in [0, 0.05) is 36.2 Å². The Morgan fingerprint density at radius 3 is 2.38 bits per heavy atom. The number of nitrogens with two attached hydrogens (primary N) is 1. The molecule has 1 aliphatic rings. The number of aromatic nitrogens is 4. The highest BCUT2D eigenvalue weighted by Gasteiger charge is 2.50. The number of imidazole rings is 1. The van der Waals surface area contributed by atoms with Crippen molar-refractivity contribution >= 4 is 69.1 Å². The van der Waals surface area contributed by atoms with E-state index in [0.29, 0.717) is 11.3 Å². The Labute approximate surface area is 321 Å². The number of phosphoric ester groups is 3. The summed E-state index contributed by atoms with van der Waals surface area (Å²) in [5, 5.41) is 26.2. The molecule has 0 aliphatic carbocycles. The first-order valence-electron chi connectivity index (χ1n) is 16.2. The average molecular weight is 872 g/mol. The predicted molar refractivity (Wildman–Crippen MR) is 193 cm³/mol. The maximum atomic E-state index is 12.7. The van der Waals surface area contributed by atoms with Crippen LogP contribution in [0.15, 0.2) is 43.0 Å². The predicted octanol–water partition coefficient (Wildman–Crippen LogP) is -0.0215. The van der Waals surface area contributed by atoms with Crippen molar-refractivity contribution in [3.05, 3.63) is 48.5 Å². The summed E-state index contributed by atoms with van der Waals surface area (Å²) in [5.74, 6) is -1.17. The molecule has 1 fully saturated rings. The third kappa shape index (κ3) is 12.9. The lowest BCUT2D eigenvalue weighted by Gasteiger charge is -2.30. The van der Waals surface area contributed by atoms with Crippen molar-refractivity contribution in [2.75, 3.05) is 37.8 Å². The first-order valence-corrected chi connectivity index (χ1v) is 21.7. The topological polar surface area (TPSA) is 364 Å². The van der Waals surface area contributed by atoms with Gasteiger partial charge in [-0.25, -0.2) is 28.6 Å². The number of carbonyl (C=O) groups excluding carboxylic acids is 3. The standard InChI is InChI=1S/C28H40N7O17P3S/c1-28(2,22(38)25(39)31-9-8-18(36)30-10-11-56-27(40)16-6-4-3-5-7-16)13-49-55(46,47)52-54(44,45)48-12-17-21(51-53(41,42)43)20(37)26(50-17)35-15-34-19-23(29)32-14-33-24(19)35/h3-7,14-15,17,20-22,26,37-38H,8-13H2,1-2H3,(H,30,36)(H,31,39)(H,44,45)(H,46,47)(H2,29,32,33)(H2,41,42,43). The van der Waals surface area contributed by atoms with E-state index in [1.165, 1.54) is 13.8 Å². The SMILES string of the molecule is CC(C)(COP(=O)(O)OP(=O)(O)OCC1OC(n2cnc3c(N)ncnc32)C(O)C1OP(=O)(O)O)C(O)C(=O)NCCC(=O)NCCSC(=O)c1ccccc1. The van der Waals surface area contributed by atoms with Gasteiger partial charge in [0.2, 0.25) is 16.9 Å². The second kappa shape index (κ2) is 19.0. The van der Waals surface area contributed by atoms with Crippen LogP contribution in [-0.4, -0.2) is 123 Å². The van der Waals surface area contributed by atoms with Gasteiger partial charge in [-0.15, -0.1) is 0 Å². The summed E-state index contributed by atoms with van der Waals surface area (Å²) in [4.78, 5) is 87.7. The highest BCUT2D eigenvalue weighted by Crippen LogP contribution is 2.61. The number of thioether (sulfide) groups is 1. The van der Waals surface area contributed by atoms with Gasteiger partial charge in [0.25, 0.3) is 0 Å².